The Hall–Kier alpha value is -2.19. The number of aryl methyl sites for hydroxylation is 1. The van der Waals surface area contributed by atoms with Gasteiger partial charge in [0.2, 0.25) is 0 Å². The highest BCUT2D eigenvalue weighted by atomic mass is 35.5. The second-order valence-electron chi connectivity index (χ2n) is 12.1. The molecule has 5 unspecified atom stereocenters. The number of anilines is 1. The van der Waals surface area contributed by atoms with Crippen LogP contribution >= 0.6 is 23.5 Å². The maximum atomic E-state index is 11.9. The number of hydrogen-bond acceptors (Lipinski definition) is 6. The molecule has 0 amide bonds. The number of aromatic carboxylic acids is 1. The molecule has 6 nitrogen and oxygen atoms in total. The van der Waals surface area contributed by atoms with E-state index in [1.165, 1.54) is 23.1 Å². The highest BCUT2D eigenvalue weighted by Gasteiger charge is 2.44. The van der Waals surface area contributed by atoms with Gasteiger partial charge in [-0.2, -0.15) is 0 Å². The summed E-state index contributed by atoms with van der Waals surface area (Å²) in [6.07, 6.45) is 9.53. The van der Waals surface area contributed by atoms with Crippen LogP contribution in [0.4, 0.5) is 5.69 Å². The topological polar surface area (TPSA) is 96.0 Å². The summed E-state index contributed by atoms with van der Waals surface area (Å²) in [7, 11) is 0. The van der Waals surface area contributed by atoms with Crippen molar-refractivity contribution in [1.82, 2.24) is 0 Å². The number of rotatable bonds is 9. The SMILES string of the molecule is CC(SN)[C@H](C)C/C=C/C(O)C1CCC1CN1CC2(CCCc3cc(Cl)ccc32)COc2ccc(C(=O)O)cc21. The predicted molar refractivity (Wildman–Crippen MR) is 164 cm³/mol. The van der Waals surface area contributed by atoms with E-state index in [1.807, 2.05) is 12.1 Å². The van der Waals surface area contributed by atoms with Crippen molar-refractivity contribution in [2.45, 2.75) is 69.1 Å². The normalized spacial score (nSPS) is 26.3. The van der Waals surface area contributed by atoms with Crippen LogP contribution in [-0.4, -0.2) is 47.2 Å². The van der Waals surface area contributed by atoms with Gasteiger partial charge in [-0.1, -0.05) is 55.6 Å². The minimum Gasteiger partial charge on any atom is -0.490 e. The van der Waals surface area contributed by atoms with Gasteiger partial charge in [0.05, 0.1) is 24.0 Å². The molecule has 0 bridgehead atoms. The summed E-state index contributed by atoms with van der Waals surface area (Å²) < 4.78 is 6.47. The van der Waals surface area contributed by atoms with E-state index in [1.54, 1.807) is 18.2 Å². The summed E-state index contributed by atoms with van der Waals surface area (Å²) in [5.74, 6) is 0.701. The number of aliphatic hydroxyl groups excluding tert-OH is 1. The van der Waals surface area contributed by atoms with Gasteiger partial charge in [-0.3, -0.25) is 5.14 Å². The number of halogens is 1. The summed E-state index contributed by atoms with van der Waals surface area (Å²) in [6.45, 7) is 6.33. The summed E-state index contributed by atoms with van der Waals surface area (Å²) >= 11 is 7.75. The van der Waals surface area contributed by atoms with E-state index in [0.717, 1.165) is 68.1 Å². The molecule has 1 fully saturated rings. The van der Waals surface area contributed by atoms with Crippen LogP contribution in [0.15, 0.2) is 48.6 Å². The number of nitrogens with two attached hydrogens (primary N) is 1. The van der Waals surface area contributed by atoms with Gasteiger partial charge in [0.15, 0.2) is 0 Å². The fourth-order valence-corrected chi connectivity index (χ4v) is 7.28. The molecule has 1 aliphatic heterocycles. The molecule has 2 aliphatic carbocycles. The predicted octanol–water partition coefficient (Wildman–Crippen LogP) is 6.48. The Kier molecular flexibility index (Phi) is 9.05. The molecule has 1 heterocycles. The van der Waals surface area contributed by atoms with Crippen LogP contribution in [0.2, 0.25) is 5.02 Å². The minimum atomic E-state index is -0.946. The fraction of sp³-hybridized carbons (Fsp3) is 0.531. The first-order valence-electron chi connectivity index (χ1n) is 14.4. The van der Waals surface area contributed by atoms with Crippen molar-refractivity contribution in [3.63, 3.8) is 0 Å². The number of carboxylic acids is 1. The molecule has 0 aromatic heterocycles. The van der Waals surface area contributed by atoms with Crippen LogP contribution in [-0.2, 0) is 11.8 Å². The largest absolute Gasteiger partial charge is 0.490 e. The standard InChI is InChI=1S/C32H41ClN2O4S/c1-20(21(2)40-34)5-3-7-29(36)26-11-8-24(26)17-35-18-32(14-4-6-22-15-25(33)10-12-27(22)32)19-39-30-13-9-23(31(37)38)16-28(30)35/h3,7,9-10,12-13,15-16,20-21,24,26,29,36H,4-6,8,11,14,17-19,34H2,1-2H3,(H,37,38)/b7-3+/t20-,21?,24?,26?,29?,32?/m1/s1. The molecule has 216 valence electrons. The molecular formula is C32H41ClN2O4S. The summed E-state index contributed by atoms with van der Waals surface area (Å²) in [6, 6.07) is 11.4. The number of nitrogens with zero attached hydrogens (tertiary/aromatic N) is 1. The van der Waals surface area contributed by atoms with E-state index in [-0.39, 0.29) is 16.9 Å². The lowest BCUT2D eigenvalue weighted by atomic mass is 9.68. The number of ether oxygens (including phenoxy) is 1. The zero-order valence-electron chi connectivity index (χ0n) is 23.4. The van der Waals surface area contributed by atoms with Crippen molar-refractivity contribution >= 4 is 35.2 Å². The summed E-state index contributed by atoms with van der Waals surface area (Å²) in [4.78, 5) is 14.2. The molecule has 2 aromatic rings. The van der Waals surface area contributed by atoms with Gasteiger partial charge in [-0.05, 0) is 97.7 Å². The van der Waals surface area contributed by atoms with Crippen LogP contribution in [0.3, 0.4) is 0 Å². The van der Waals surface area contributed by atoms with E-state index < -0.39 is 12.1 Å². The van der Waals surface area contributed by atoms with Crippen LogP contribution in [0.25, 0.3) is 0 Å². The number of benzene rings is 2. The molecule has 0 radical (unpaired) electrons. The monoisotopic (exact) mass is 584 g/mol. The number of carbonyl (C=O) groups is 1. The van der Waals surface area contributed by atoms with Gasteiger partial charge in [-0.25, -0.2) is 4.79 Å². The van der Waals surface area contributed by atoms with E-state index in [4.69, 9.17) is 21.5 Å². The Bertz CT molecular complexity index is 1260. The molecule has 2 aromatic carbocycles. The fourth-order valence-electron chi connectivity index (χ4n) is 6.70. The molecule has 8 heteroatoms. The summed E-state index contributed by atoms with van der Waals surface area (Å²) in [5.41, 5.74) is 3.43. The lowest BCUT2D eigenvalue weighted by Gasteiger charge is -2.45. The number of fused-ring (bicyclic) bond motifs is 3. The molecule has 6 atom stereocenters. The summed E-state index contributed by atoms with van der Waals surface area (Å²) in [5, 5.41) is 27.7. The molecule has 3 aliphatic rings. The number of hydrogen-bond donors (Lipinski definition) is 3. The average molecular weight is 585 g/mol. The Balaban J connectivity index is 1.40. The van der Waals surface area contributed by atoms with Crippen molar-refractivity contribution in [3.05, 3.63) is 70.3 Å². The Morgan fingerprint density at radius 2 is 2.10 bits per heavy atom. The van der Waals surface area contributed by atoms with Crippen molar-refractivity contribution in [3.8, 4) is 5.75 Å². The maximum Gasteiger partial charge on any atom is 0.335 e. The lowest BCUT2D eigenvalue weighted by Crippen LogP contribution is -2.49. The Morgan fingerprint density at radius 3 is 2.83 bits per heavy atom. The average Bonchev–Trinajstić information content (AvgIpc) is 3.07. The Morgan fingerprint density at radius 1 is 1.27 bits per heavy atom. The Labute approximate surface area is 247 Å². The van der Waals surface area contributed by atoms with E-state index in [2.05, 4.69) is 37.0 Å². The van der Waals surface area contributed by atoms with Crippen molar-refractivity contribution in [1.29, 1.82) is 0 Å². The number of aliphatic hydroxyl groups is 1. The number of carboxylic acid groups (broad SMARTS) is 1. The smallest absolute Gasteiger partial charge is 0.335 e. The van der Waals surface area contributed by atoms with Crippen LogP contribution in [0.1, 0.15) is 67.4 Å². The second kappa shape index (κ2) is 12.4. The highest BCUT2D eigenvalue weighted by Crippen LogP contribution is 2.46. The van der Waals surface area contributed by atoms with Crippen molar-refractivity contribution in [2.24, 2.45) is 22.9 Å². The zero-order valence-corrected chi connectivity index (χ0v) is 25.0. The van der Waals surface area contributed by atoms with Crippen molar-refractivity contribution < 1.29 is 19.7 Å². The van der Waals surface area contributed by atoms with Gasteiger partial charge in [0.1, 0.15) is 5.75 Å². The number of allylic oxidation sites excluding steroid dienone is 1. The molecule has 5 rings (SSSR count). The van der Waals surface area contributed by atoms with Gasteiger partial charge >= 0.3 is 5.97 Å². The third kappa shape index (κ3) is 6.03. The molecular weight excluding hydrogens is 544 g/mol. The molecule has 4 N–H and O–H groups in total. The lowest BCUT2D eigenvalue weighted by molar-refractivity contribution is 0.0456. The third-order valence-electron chi connectivity index (χ3n) is 9.51. The second-order valence-corrected chi connectivity index (χ2v) is 13.5. The molecule has 1 saturated carbocycles. The van der Waals surface area contributed by atoms with E-state index in [0.29, 0.717) is 23.7 Å². The van der Waals surface area contributed by atoms with Crippen molar-refractivity contribution in [2.75, 3.05) is 24.6 Å². The minimum absolute atomic E-state index is 0.177. The molecule has 40 heavy (non-hydrogen) atoms. The first-order valence-corrected chi connectivity index (χ1v) is 15.8. The van der Waals surface area contributed by atoms with E-state index >= 15 is 0 Å². The highest BCUT2D eigenvalue weighted by molar-refractivity contribution is 7.97. The quantitative estimate of drug-likeness (QED) is 0.229. The van der Waals surface area contributed by atoms with Crippen LogP contribution < -0.4 is 14.8 Å². The zero-order chi connectivity index (χ0) is 28.4. The maximum absolute atomic E-state index is 11.9. The van der Waals surface area contributed by atoms with Gasteiger partial charge in [-0.15, -0.1) is 0 Å². The molecule has 0 saturated heterocycles. The van der Waals surface area contributed by atoms with Crippen LogP contribution in [0.5, 0.6) is 5.75 Å². The van der Waals surface area contributed by atoms with Gasteiger partial charge in [0, 0.05) is 28.8 Å². The first-order chi connectivity index (χ1) is 19.2. The third-order valence-corrected chi connectivity index (χ3v) is 10.6. The van der Waals surface area contributed by atoms with Gasteiger partial charge < -0.3 is 19.8 Å². The van der Waals surface area contributed by atoms with Gasteiger partial charge in [0.25, 0.3) is 0 Å². The first kappa shape index (κ1) is 29.3. The van der Waals surface area contributed by atoms with Crippen LogP contribution in [0, 0.1) is 17.8 Å². The molecule has 1 spiro atoms. The van der Waals surface area contributed by atoms with E-state index in [9.17, 15) is 15.0 Å².